The van der Waals surface area contributed by atoms with Crippen molar-refractivity contribution in [2.75, 3.05) is 0 Å². The molecule has 0 atom stereocenters. The second kappa shape index (κ2) is 6.46. The van der Waals surface area contributed by atoms with Crippen LogP contribution in [0.4, 0.5) is 0 Å². The molecule has 0 aromatic carbocycles. The third-order valence-electron chi connectivity index (χ3n) is 1.24. The lowest BCUT2D eigenvalue weighted by atomic mass is 10.3. The second-order valence-corrected chi connectivity index (χ2v) is 2.80. The molecule has 0 aliphatic carbocycles. The number of ether oxygens (including phenoxy) is 1. The molecule has 0 amide bonds. The average molecular weight is 181 g/mol. The van der Waals surface area contributed by atoms with Gasteiger partial charge in [0.15, 0.2) is 0 Å². The highest BCUT2D eigenvalue weighted by Crippen LogP contribution is 2.11. The number of hydrogen-bond acceptors (Lipinski definition) is 2. The fraction of sp³-hybridized carbons (Fsp3) is 0.545. The summed E-state index contributed by atoms with van der Waals surface area (Å²) < 4.78 is 5.46. The van der Waals surface area contributed by atoms with Gasteiger partial charge in [-0.25, -0.2) is 0 Å². The van der Waals surface area contributed by atoms with Crippen LogP contribution >= 0.6 is 0 Å². The third kappa shape index (κ3) is 5.23. The van der Waals surface area contributed by atoms with Crippen molar-refractivity contribution in [1.82, 2.24) is 4.98 Å². The molecule has 0 aliphatic rings. The first-order chi connectivity index (χ1) is 6.18. The predicted molar refractivity (Wildman–Crippen MR) is 56.1 cm³/mol. The highest BCUT2D eigenvalue weighted by molar-refractivity contribution is 5.21. The van der Waals surface area contributed by atoms with E-state index in [0.717, 1.165) is 11.4 Å². The lowest BCUT2D eigenvalue weighted by Gasteiger charge is -2.08. The van der Waals surface area contributed by atoms with E-state index in [0.29, 0.717) is 0 Å². The molecule has 1 rings (SSSR count). The van der Waals surface area contributed by atoms with Crippen molar-refractivity contribution in [2.24, 2.45) is 0 Å². The van der Waals surface area contributed by atoms with Gasteiger partial charge in [-0.3, -0.25) is 4.98 Å². The lowest BCUT2D eigenvalue weighted by Crippen LogP contribution is -2.05. The van der Waals surface area contributed by atoms with Gasteiger partial charge in [-0.1, -0.05) is 13.8 Å². The molecule has 0 saturated heterocycles. The predicted octanol–water partition coefficient (Wildman–Crippen LogP) is 3.20. The molecule has 0 aliphatic heterocycles. The molecule has 13 heavy (non-hydrogen) atoms. The number of aromatic nitrogens is 1. The Balaban J connectivity index is 0.000000671. The minimum atomic E-state index is 0.233. The van der Waals surface area contributed by atoms with Gasteiger partial charge in [0.1, 0.15) is 5.75 Å². The van der Waals surface area contributed by atoms with Crippen molar-refractivity contribution in [2.45, 2.75) is 40.7 Å². The number of aryl methyl sites for hydroxylation is 1. The summed E-state index contributed by atoms with van der Waals surface area (Å²) in [5.41, 5.74) is 0.989. The zero-order chi connectivity index (χ0) is 10.3. The van der Waals surface area contributed by atoms with E-state index in [2.05, 4.69) is 4.98 Å². The quantitative estimate of drug-likeness (QED) is 0.699. The van der Waals surface area contributed by atoms with Crippen LogP contribution in [0.15, 0.2) is 18.3 Å². The molecule has 2 nitrogen and oxygen atoms in total. The highest BCUT2D eigenvalue weighted by atomic mass is 16.5. The van der Waals surface area contributed by atoms with Crippen LogP contribution in [0.3, 0.4) is 0 Å². The Morgan fingerprint density at radius 1 is 1.31 bits per heavy atom. The fourth-order valence-electron chi connectivity index (χ4n) is 0.865. The van der Waals surface area contributed by atoms with Gasteiger partial charge < -0.3 is 4.74 Å². The van der Waals surface area contributed by atoms with Gasteiger partial charge in [0.2, 0.25) is 0 Å². The van der Waals surface area contributed by atoms with Crippen molar-refractivity contribution in [3.63, 3.8) is 0 Å². The van der Waals surface area contributed by atoms with Crippen LogP contribution in [-0.4, -0.2) is 11.1 Å². The maximum Gasteiger partial charge on any atom is 0.123 e. The molecule has 2 heteroatoms. The maximum atomic E-state index is 5.46. The van der Waals surface area contributed by atoms with E-state index in [1.165, 1.54) is 0 Å². The summed E-state index contributed by atoms with van der Waals surface area (Å²) in [7, 11) is 0. The first-order valence-corrected chi connectivity index (χ1v) is 4.78. The summed E-state index contributed by atoms with van der Waals surface area (Å²) in [6, 6.07) is 3.80. The summed E-state index contributed by atoms with van der Waals surface area (Å²) in [5, 5.41) is 0. The Morgan fingerprint density at radius 3 is 2.38 bits per heavy atom. The van der Waals surface area contributed by atoms with Crippen molar-refractivity contribution >= 4 is 0 Å². The van der Waals surface area contributed by atoms with Crippen LogP contribution in [0, 0.1) is 6.92 Å². The Hall–Kier alpha value is -1.05. The summed E-state index contributed by atoms with van der Waals surface area (Å²) in [4.78, 5) is 4.07. The van der Waals surface area contributed by atoms with Crippen molar-refractivity contribution < 1.29 is 4.74 Å². The molecule has 74 valence electrons. The van der Waals surface area contributed by atoms with E-state index in [1.54, 1.807) is 6.20 Å². The molecule has 0 unspecified atom stereocenters. The van der Waals surface area contributed by atoms with Gasteiger partial charge in [0.25, 0.3) is 0 Å². The summed E-state index contributed by atoms with van der Waals surface area (Å²) >= 11 is 0. The monoisotopic (exact) mass is 181 g/mol. The molecular weight excluding hydrogens is 162 g/mol. The molecule has 0 spiro atoms. The van der Waals surface area contributed by atoms with Gasteiger partial charge in [-0.2, -0.15) is 0 Å². The van der Waals surface area contributed by atoms with Gasteiger partial charge >= 0.3 is 0 Å². The molecule has 1 aromatic rings. The van der Waals surface area contributed by atoms with E-state index in [-0.39, 0.29) is 6.10 Å². The van der Waals surface area contributed by atoms with Gasteiger partial charge in [-0.15, -0.1) is 0 Å². The maximum absolute atomic E-state index is 5.46. The zero-order valence-corrected chi connectivity index (χ0v) is 9.16. The smallest absolute Gasteiger partial charge is 0.123 e. The minimum absolute atomic E-state index is 0.233. The lowest BCUT2D eigenvalue weighted by molar-refractivity contribution is 0.242. The molecule has 1 aromatic heterocycles. The SMILES string of the molecule is CC.Cc1cc(OC(C)C)ccn1. The van der Waals surface area contributed by atoms with Crippen LogP contribution < -0.4 is 4.74 Å². The summed E-state index contributed by atoms with van der Waals surface area (Å²) in [6.45, 7) is 9.97. The molecule has 0 fully saturated rings. The molecule has 1 heterocycles. The molecule has 0 saturated carbocycles. The molecule has 0 bridgehead atoms. The summed E-state index contributed by atoms with van der Waals surface area (Å²) in [5.74, 6) is 0.896. The van der Waals surface area contributed by atoms with Crippen LogP contribution in [-0.2, 0) is 0 Å². The number of nitrogens with zero attached hydrogens (tertiary/aromatic N) is 1. The van der Waals surface area contributed by atoms with Crippen molar-refractivity contribution in [3.05, 3.63) is 24.0 Å². The van der Waals surface area contributed by atoms with E-state index in [1.807, 2.05) is 46.8 Å². The number of hydrogen-bond donors (Lipinski definition) is 0. The van der Waals surface area contributed by atoms with Gasteiger partial charge in [-0.05, 0) is 26.8 Å². The highest BCUT2D eigenvalue weighted by Gasteiger charge is 1.96. The first-order valence-electron chi connectivity index (χ1n) is 4.78. The molecular formula is C11H19NO. The van der Waals surface area contributed by atoms with Gasteiger partial charge in [0.05, 0.1) is 6.10 Å². The molecule has 0 radical (unpaired) electrons. The normalized spacial score (nSPS) is 9.08. The topological polar surface area (TPSA) is 22.1 Å². The minimum Gasteiger partial charge on any atom is -0.491 e. The van der Waals surface area contributed by atoms with E-state index >= 15 is 0 Å². The van der Waals surface area contributed by atoms with Crippen LogP contribution in [0.2, 0.25) is 0 Å². The Bertz CT molecular complexity index is 233. The van der Waals surface area contributed by atoms with Crippen molar-refractivity contribution in [1.29, 1.82) is 0 Å². The zero-order valence-electron chi connectivity index (χ0n) is 9.16. The Labute approximate surface area is 81.0 Å². The average Bonchev–Trinajstić information content (AvgIpc) is 2.06. The fourth-order valence-corrected chi connectivity index (χ4v) is 0.865. The first kappa shape index (κ1) is 11.9. The Kier molecular flexibility index (Phi) is 5.94. The second-order valence-electron chi connectivity index (χ2n) is 2.80. The van der Waals surface area contributed by atoms with Crippen molar-refractivity contribution in [3.8, 4) is 5.75 Å². The summed E-state index contributed by atoms with van der Waals surface area (Å²) in [6.07, 6.45) is 1.99. The largest absolute Gasteiger partial charge is 0.491 e. The number of pyridine rings is 1. The standard InChI is InChI=1S/C9H13NO.C2H6/c1-7(2)11-9-4-5-10-8(3)6-9;1-2/h4-7H,1-3H3;1-2H3. The van der Waals surface area contributed by atoms with Crippen LogP contribution in [0.25, 0.3) is 0 Å². The van der Waals surface area contributed by atoms with E-state index in [9.17, 15) is 0 Å². The van der Waals surface area contributed by atoms with E-state index in [4.69, 9.17) is 4.74 Å². The van der Waals surface area contributed by atoms with Gasteiger partial charge in [0, 0.05) is 18.0 Å². The Morgan fingerprint density at radius 2 is 1.92 bits per heavy atom. The third-order valence-corrected chi connectivity index (χ3v) is 1.24. The van der Waals surface area contributed by atoms with Crippen LogP contribution in [0.1, 0.15) is 33.4 Å². The number of rotatable bonds is 2. The van der Waals surface area contributed by atoms with Crippen LogP contribution in [0.5, 0.6) is 5.75 Å². The van der Waals surface area contributed by atoms with E-state index < -0.39 is 0 Å². The molecule has 0 N–H and O–H groups in total.